The highest BCUT2D eigenvalue weighted by Gasteiger charge is 2.30. The third-order valence-electron chi connectivity index (χ3n) is 5.19. The van der Waals surface area contributed by atoms with E-state index in [0.717, 1.165) is 5.56 Å². The Morgan fingerprint density at radius 2 is 1.82 bits per heavy atom. The number of amides is 5. The second-order valence-corrected chi connectivity index (χ2v) is 8.81. The summed E-state index contributed by atoms with van der Waals surface area (Å²) >= 11 is 0. The zero-order chi connectivity index (χ0) is 25.0. The van der Waals surface area contributed by atoms with Gasteiger partial charge in [0, 0.05) is 29.9 Å². The Balaban J connectivity index is 1.95. The van der Waals surface area contributed by atoms with E-state index >= 15 is 0 Å². The molecular weight excluding hydrogens is 440 g/mol. The molecule has 2 aromatic rings. The summed E-state index contributed by atoms with van der Waals surface area (Å²) in [5, 5.41) is 5.11. The normalized spacial score (nSPS) is 13.8. The lowest BCUT2D eigenvalue weighted by Gasteiger charge is -2.30. The average molecular weight is 469 g/mol. The number of carbonyl (C=O) groups is 4. The molecule has 1 heterocycles. The van der Waals surface area contributed by atoms with Crippen molar-refractivity contribution in [1.29, 1.82) is 0 Å². The average Bonchev–Trinajstić information content (AvgIpc) is 2.77. The maximum absolute atomic E-state index is 13.3. The van der Waals surface area contributed by atoms with Gasteiger partial charge in [-0.3, -0.25) is 24.6 Å². The molecule has 1 saturated heterocycles. The Kier molecular flexibility index (Phi) is 7.09. The number of primary amides is 1. The van der Waals surface area contributed by atoms with Crippen molar-refractivity contribution in [2.24, 2.45) is 5.73 Å². The molecule has 34 heavy (non-hydrogen) atoms. The number of nitrogens with one attached hydrogen (secondary N) is 2. The minimum absolute atomic E-state index is 0.161. The molecule has 0 bridgehead atoms. The van der Waals surface area contributed by atoms with E-state index in [-0.39, 0.29) is 31.0 Å². The molecule has 4 N–H and O–H groups in total. The third-order valence-corrected chi connectivity index (χ3v) is 5.19. The van der Waals surface area contributed by atoms with E-state index in [4.69, 9.17) is 15.2 Å². The smallest absolute Gasteiger partial charge is 0.328 e. The molecule has 10 heteroatoms. The van der Waals surface area contributed by atoms with Crippen molar-refractivity contribution in [2.75, 3.05) is 30.5 Å². The van der Waals surface area contributed by atoms with Crippen LogP contribution in [0.3, 0.4) is 0 Å². The Bertz CT molecular complexity index is 1120. The first-order chi connectivity index (χ1) is 16.0. The van der Waals surface area contributed by atoms with Crippen molar-refractivity contribution in [1.82, 2.24) is 5.32 Å². The van der Waals surface area contributed by atoms with Crippen molar-refractivity contribution < 1.29 is 28.7 Å². The molecule has 0 aliphatic carbocycles. The number of imide groups is 1. The highest BCUT2D eigenvalue weighted by Crippen LogP contribution is 2.38. The summed E-state index contributed by atoms with van der Waals surface area (Å²) in [5.41, 5.74) is 6.61. The number of methoxy groups -OCH3 is 1. The fourth-order valence-corrected chi connectivity index (χ4v) is 3.51. The number of anilines is 2. The monoisotopic (exact) mass is 468 g/mol. The summed E-state index contributed by atoms with van der Waals surface area (Å²) in [7, 11) is 1.48. The van der Waals surface area contributed by atoms with Crippen molar-refractivity contribution >= 4 is 35.1 Å². The lowest BCUT2D eigenvalue weighted by Crippen LogP contribution is -2.49. The molecule has 0 aromatic heterocycles. The Hall–Kier alpha value is -4.08. The van der Waals surface area contributed by atoms with Crippen LogP contribution in [0.5, 0.6) is 11.5 Å². The molecule has 10 nitrogen and oxygen atoms in total. The topological polar surface area (TPSA) is 140 Å². The summed E-state index contributed by atoms with van der Waals surface area (Å²) in [6.45, 7) is 5.87. The number of hydrogen-bond donors (Lipinski definition) is 3. The number of rotatable bonds is 7. The predicted octanol–water partition coefficient (Wildman–Crippen LogP) is 2.56. The van der Waals surface area contributed by atoms with Gasteiger partial charge in [-0.2, -0.15) is 0 Å². The zero-order valence-corrected chi connectivity index (χ0v) is 19.6. The Labute approximate surface area is 197 Å². The molecule has 1 fully saturated rings. The van der Waals surface area contributed by atoms with Crippen LogP contribution in [0.15, 0.2) is 36.4 Å². The van der Waals surface area contributed by atoms with Crippen molar-refractivity contribution in [3.8, 4) is 11.5 Å². The van der Waals surface area contributed by atoms with Crippen molar-refractivity contribution in [2.45, 2.75) is 32.6 Å². The first kappa shape index (κ1) is 24.6. The van der Waals surface area contributed by atoms with Crippen LogP contribution in [0.25, 0.3) is 0 Å². The molecule has 0 saturated carbocycles. The molecule has 5 amide bonds. The first-order valence-electron chi connectivity index (χ1n) is 10.7. The van der Waals surface area contributed by atoms with Gasteiger partial charge < -0.3 is 20.5 Å². The van der Waals surface area contributed by atoms with E-state index in [1.54, 1.807) is 36.4 Å². The molecular formula is C24H28N4O6. The minimum Gasteiger partial charge on any atom is -0.496 e. The highest BCUT2D eigenvalue weighted by atomic mass is 16.5. The summed E-state index contributed by atoms with van der Waals surface area (Å²) < 4.78 is 10.9. The number of ether oxygens (including phenoxy) is 2. The van der Waals surface area contributed by atoms with Gasteiger partial charge in [-0.25, -0.2) is 4.79 Å². The van der Waals surface area contributed by atoms with Crippen LogP contribution >= 0.6 is 0 Å². The van der Waals surface area contributed by atoms with Crippen molar-refractivity contribution in [3.63, 3.8) is 0 Å². The van der Waals surface area contributed by atoms with Gasteiger partial charge in [-0.15, -0.1) is 0 Å². The van der Waals surface area contributed by atoms with E-state index in [2.05, 4.69) is 10.6 Å². The largest absolute Gasteiger partial charge is 0.496 e. The van der Waals surface area contributed by atoms with E-state index in [0.29, 0.717) is 22.9 Å². The molecule has 0 unspecified atom stereocenters. The molecule has 0 radical (unpaired) electrons. The zero-order valence-electron chi connectivity index (χ0n) is 19.6. The van der Waals surface area contributed by atoms with Crippen molar-refractivity contribution in [3.05, 3.63) is 47.5 Å². The maximum Gasteiger partial charge on any atom is 0.328 e. The minimum atomic E-state index is -0.592. The number of carbonyl (C=O) groups excluding carboxylic acids is 4. The van der Waals surface area contributed by atoms with Gasteiger partial charge in [0.1, 0.15) is 11.5 Å². The fourth-order valence-electron chi connectivity index (χ4n) is 3.51. The Morgan fingerprint density at radius 1 is 1.15 bits per heavy atom. The summed E-state index contributed by atoms with van der Waals surface area (Å²) in [6.07, 6.45) is 0.161. The molecule has 3 rings (SSSR count). The molecule has 2 aromatic carbocycles. The van der Waals surface area contributed by atoms with E-state index in [1.165, 1.54) is 12.0 Å². The van der Waals surface area contributed by atoms with Crippen LogP contribution in [0.4, 0.5) is 16.2 Å². The van der Waals surface area contributed by atoms with Crippen LogP contribution in [0.2, 0.25) is 0 Å². The first-order valence-corrected chi connectivity index (χ1v) is 10.7. The third kappa shape index (κ3) is 5.64. The number of hydrogen-bond acceptors (Lipinski definition) is 6. The van der Waals surface area contributed by atoms with Gasteiger partial charge in [0.05, 0.1) is 12.7 Å². The number of nitrogens with zero attached hydrogens (tertiary/aromatic N) is 1. The molecule has 1 aliphatic rings. The fraction of sp³-hybridized carbons (Fsp3) is 0.333. The highest BCUT2D eigenvalue weighted by molar-refractivity contribution is 6.09. The van der Waals surface area contributed by atoms with Gasteiger partial charge in [0.2, 0.25) is 5.91 Å². The van der Waals surface area contributed by atoms with Crippen LogP contribution in [0.1, 0.15) is 43.1 Å². The number of urea groups is 1. The molecule has 1 aliphatic heterocycles. The second kappa shape index (κ2) is 9.82. The van der Waals surface area contributed by atoms with Gasteiger partial charge in [-0.1, -0.05) is 20.8 Å². The SMILES string of the molecule is COc1c(C(=O)Nc2ccc(OCC(N)=O)cc2)cc(N2CCC(=O)NC2=O)cc1C(C)(C)C. The Morgan fingerprint density at radius 3 is 2.38 bits per heavy atom. The lowest BCUT2D eigenvalue weighted by molar-refractivity contribution is -0.120. The van der Waals surface area contributed by atoms with Gasteiger partial charge in [0.15, 0.2) is 6.61 Å². The van der Waals surface area contributed by atoms with Crippen LogP contribution in [0, 0.1) is 0 Å². The van der Waals surface area contributed by atoms with E-state index in [1.807, 2.05) is 20.8 Å². The summed E-state index contributed by atoms with van der Waals surface area (Å²) in [4.78, 5) is 49.6. The number of benzene rings is 2. The van der Waals surface area contributed by atoms with Gasteiger partial charge in [0.25, 0.3) is 11.8 Å². The standard InChI is InChI=1S/C24H28N4O6/c1-24(2,3)18-12-15(28-10-9-20(30)27-23(28)32)11-17(21(18)33-4)22(31)26-14-5-7-16(8-6-14)34-13-19(25)29/h5-8,11-12H,9-10,13H2,1-4H3,(H2,25,29)(H,26,31)(H,27,30,32). The molecule has 0 atom stereocenters. The van der Waals surface area contributed by atoms with Gasteiger partial charge in [-0.05, 0) is 41.8 Å². The number of nitrogens with two attached hydrogens (primary N) is 1. The van der Waals surface area contributed by atoms with Gasteiger partial charge >= 0.3 is 6.03 Å². The van der Waals surface area contributed by atoms with Crippen LogP contribution in [-0.4, -0.2) is 44.0 Å². The predicted molar refractivity (Wildman–Crippen MR) is 126 cm³/mol. The maximum atomic E-state index is 13.3. The molecule has 0 spiro atoms. The van der Waals surface area contributed by atoms with Crippen LogP contribution < -0.4 is 30.7 Å². The second-order valence-electron chi connectivity index (χ2n) is 8.81. The van der Waals surface area contributed by atoms with Crippen LogP contribution in [-0.2, 0) is 15.0 Å². The molecule has 180 valence electrons. The summed E-state index contributed by atoms with van der Waals surface area (Å²) in [6, 6.07) is 9.28. The van der Waals surface area contributed by atoms with E-state index in [9.17, 15) is 19.2 Å². The quantitative estimate of drug-likeness (QED) is 0.571. The summed E-state index contributed by atoms with van der Waals surface area (Å²) in [5.74, 6) is -0.554. The lowest BCUT2D eigenvalue weighted by atomic mass is 9.84. The van der Waals surface area contributed by atoms with E-state index < -0.39 is 23.3 Å².